The van der Waals surface area contributed by atoms with Gasteiger partial charge in [-0.05, 0) is 18.2 Å². The second-order valence-corrected chi connectivity index (χ2v) is 4.85. The van der Waals surface area contributed by atoms with Crippen molar-refractivity contribution in [3.63, 3.8) is 0 Å². The lowest BCUT2D eigenvalue weighted by atomic mass is 10.0. The molecule has 0 spiro atoms. The lowest BCUT2D eigenvalue weighted by Gasteiger charge is -2.20. The van der Waals surface area contributed by atoms with Gasteiger partial charge >= 0.3 is 0 Å². The van der Waals surface area contributed by atoms with Crippen LogP contribution >= 0.6 is 37.9 Å². The fourth-order valence-corrected chi connectivity index (χ4v) is 2.56. The van der Waals surface area contributed by atoms with Crippen LogP contribution in [0.3, 0.4) is 0 Å². The van der Waals surface area contributed by atoms with Crippen molar-refractivity contribution >= 4 is 43.0 Å². The van der Waals surface area contributed by atoms with Gasteiger partial charge in [0.1, 0.15) is 11.7 Å². The van der Waals surface area contributed by atoms with E-state index in [1.54, 1.807) is 18.2 Å². The van der Waals surface area contributed by atoms with Crippen molar-refractivity contribution in [3.05, 3.63) is 23.8 Å². The molecule has 2 unspecified atom stereocenters. The molecular weight excluding hydrogens is 252 g/mol. The normalized spacial score (nSPS) is 28.4. The first kappa shape index (κ1) is 11.2. The summed E-state index contributed by atoms with van der Waals surface area (Å²) in [6.07, 6.45) is 0. The van der Waals surface area contributed by atoms with Crippen LogP contribution in [-0.2, 0) is 4.79 Å². The van der Waals surface area contributed by atoms with E-state index in [-0.39, 0.29) is 0 Å². The number of rotatable bonds is 1. The number of ether oxygens (including phenoxy) is 1. The second-order valence-electron chi connectivity index (χ2n) is 3.25. The average Bonchev–Trinajstić information content (AvgIpc) is 2.33. The Balaban J connectivity index is 2.56. The van der Waals surface area contributed by atoms with Gasteiger partial charge in [0.25, 0.3) is 5.12 Å². The Bertz CT molecular complexity index is 431. The Morgan fingerprint density at radius 2 is 2.20 bits per heavy atom. The SMILES string of the molecule is O=C(S)C1c2cc(S)ccc2OC1(O)S. The highest BCUT2D eigenvalue weighted by molar-refractivity contribution is 7.96. The van der Waals surface area contributed by atoms with Crippen LogP contribution in [0.25, 0.3) is 0 Å². The van der Waals surface area contributed by atoms with Crippen molar-refractivity contribution in [1.82, 2.24) is 0 Å². The Morgan fingerprint density at radius 3 is 2.80 bits per heavy atom. The van der Waals surface area contributed by atoms with Gasteiger partial charge in [0.15, 0.2) is 0 Å². The predicted octanol–water partition coefficient (Wildman–Crippen LogP) is 1.48. The van der Waals surface area contributed by atoms with Crippen LogP contribution in [0.15, 0.2) is 23.1 Å². The third-order valence-electron chi connectivity index (χ3n) is 2.19. The molecule has 6 heteroatoms. The highest BCUT2D eigenvalue weighted by Gasteiger charge is 2.48. The van der Waals surface area contributed by atoms with Gasteiger partial charge in [-0.15, -0.1) is 37.9 Å². The van der Waals surface area contributed by atoms with E-state index in [1.165, 1.54) is 0 Å². The van der Waals surface area contributed by atoms with Gasteiger partial charge in [-0.3, -0.25) is 4.79 Å². The first-order chi connectivity index (χ1) is 6.92. The third kappa shape index (κ3) is 1.87. The van der Waals surface area contributed by atoms with E-state index in [1.807, 2.05) is 0 Å². The van der Waals surface area contributed by atoms with Crippen molar-refractivity contribution in [1.29, 1.82) is 0 Å². The predicted molar refractivity (Wildman–Crippen MR) is 65.0 cm³/mol. The van der Waals surface area contributed by atoms with E-state index >= 15 is 0 Å². The molecule has 1 aliphatic heterocycles. The Hall–Kier alpha value is -0.300. The van der Waals surface area contributed by atoms with Crippen LogP contribution in [0.2, 0.25) is 0 Å². The van der Waals surface area contributed by atoms with Crippen molar-refractivity contribution in [2.75, 3.05) is 0 Å². The van der Waals surface area contributed by atoms with Crippen molar-refractivity contribution in [3.8, 4) is 5.75 Å². The zero-order valence-corrected chi connectivity index (χ0v) is 10.1. The number of hydrogen-bond donors (Lipinski definition) is 4. The van der Waals surface area contributed by atoms with E-state index < -0.39 is 16.2 Å². The molecule has 2 rings (SSSR count). The molecule has 15 heavy (non-hydrogen) atoms. The van der Waals surface area contributed by atoms with Gasteiger partial charge < -0.3 is 9.84 Å². The van der Waals surface area contributed by atoms with Crippen molar-refractivity contribution in [2.24, 2.45) is 0 Å². The van der Waals surface area contributed by atoms with Crippen LogP contribution in [-0.4, -0.2) is 15.3 Å². The number of carbonyl (C=O) groups excluding carboxylic acids is 1. The van der Waals surface area contributed by atoms with Crippen molar-refractivity contribution in [2.45, 2.75) is 15.9 Å². The Labute approximate surface area is 103 Å². The zero-order valence-electron chi connectivity index (χ0n) is 7.41. The van der Waals surface area contributed by atoms with Gasteiger partial charge in [0.05, 0.1) is 0 Å². The highest BCUT2D eigenvalue weighted by atomic mass is 32.1. The number of thiol groups is 3. The van der Waals surface area contributed by atoms with Crippen LogP contribution in [0.5, 0.6) is 5.75 Å². The van der Waals surface area contributed by atoms with E-state index in [4.69, 9.17) is 4.74 Å². The van der Waals surface area contributed by atoms with Gasteiger partial charge in [0, 0.05) is 10.5 Å². The van der Waals surface area contributed by atoms with Crippen molar-refractivity contribution < 1.29 is 14.6 Å². The zero-order chi connectivity index (χ0) is 11.2. The molecule has 0 saturated carbocycles. The summed E-state index contributed by atoms with van der Waals surface area (Å²) < 4.78 is 5.14. The molecule has 1 heterocycles. The summed E-state index contributed by atoms with van der Waals surface area (Å²) in [7, 11) is 0. The molecule has 2 atom stereocenters. The molecular formula is C9H8O3S3. The lowest BCUT2D eigenvalue weighted by molar-refractivity contribution is -0.121. The Morgan fingerprint density at radius 1 is 1.53 bits per heavy atom. The maximum Gasteiger partial charge on any atom is 0.270 e. The van der Waals surface area contributed by atoms with E-state index in [2.05, 4.69) is 37.9 Å². The minimum Gasteiger partial charge on any atom is -0.452 e. The molecule has 3 nitrogen and oxygen atoms in total. The van der Waals surface area contributed by atoms with E-state index in [9.17, 15) is 9.90 Å². The quantitative estimate of drug-likeness (QED) is 0.457. The summed E-state index contributed by atoms with van der Waals surface area (Å²) in [6.45, 7) is 0. The molecule has 1 aromatic carbocycles. The largest absolute Gasteiger partial charge is 0.452 e. The molecule has 0 bridgehead atoms. The summed E-state index contributed by atoms with van der Waals surface area (Å²) in [5, 5.41) is 7.46. The Kier molecular flexibility index (Phi) is 2.70. The molecule has 1 N–H and O–H groups in total. The minimum absolute atomic E-state index is 0.428. The van der Waals surface area contributed by atoms with Crippen LogP contribution in [0.1, 0.15) is 11.5 Å². The van der Waals surface area contributed by atoms with Crippen LogP contribution < -0.4 is 4.74 Å². The number of aliphatic hydroxyl groups is 1. The summed E-state index contributed by atoms with van der Waals surface area (Å²) in [6, 6.07) is 5.00. The van der Waals surface area contributed by atoms with Gasteiger partial charge in [0.2, 0.25) is 5.12 Å². The summed E-state index contributed by atoms with van der Waals surface area (Å²) in [4.78, 5) is 12.0. The van der Waals surface area contributed by atoms with Gasteiger partial charge in [-0.2, -0.15) is 0 Å². The number of fused-ring (bicyclic) bond motifs is 1. The minimum atomic E-state index is -1.83. The van der Waals surface area contributed by atoms with E-state index in [0.29, 0.717) is 16.2 Å². The first-order valence-corrected chi connectivity index (χ1v) is 5.45. The molecule has 80 valence electrons. The molecule has 0 fully saturated rings. The number of benzene rings is 1. The molecule has 1 aliphatic rings. The summed E-state index contributed by atoms with van der Waals surface area (Å²) in [5.74, 6) is -0.469. The van der Waals surface area contributed by atoms with Crippen LogP contribution in [0.4, 0.5) is 0 Å². The van der Waals surface area contributed by atoms with Crippen LogP contribution in [0, 0.1) is 0 Å². The maximum atomic E-state index is 11.3. The fraction of sp³-hybridized carbons (Fsp3) is 0.222. The van der Waals surface area contributed by atoms with E-state index in [0.717, 1.165) is 0 Å². The molecule has 0 aromatic heterocycles. The molecule has 1 aromatic rings. The number of hydrogen-bond acceptors (Lipinski definition) is 5. The smallest absolute Gasteiger partial charge is 0.270 e. The fourth-order valence-electron chi connectivity index (χ4n) is 1.57. The third-order valence-corrected chi connectivity index (χ3v) is 3.07. The first-order valence-electron chi connectivity index (χ1n) is 4.11. The molecule has 0 radical (unpaired) electrons. The molecule has 0 saturated heterocycles. The standard InChI is InChI=1S/C9H8O3S3/c10-8(14)7-5-3-4(13)1-2-6(5)12-9(7,11)15/h1-3,7,11,13,15H,(H,10,14). The number of carbonyl (C=O) groups is 1. The molecule has 0 amide bonds. The monoisotopic (exact) mass is 260 g/mol. The highest BCUT2D eigenvalue weighted by Crippen LogP contribution is 2.47. The summed E-state index contributed by atoms with van der Waals surface area (Å²) in [5.41, 5.74) is 0.556. The van der Waals surface area contributed by atoms with Gasteiger partial charge in [-0.1, -0.05) is 0 Å². The summed E-state index contributed by atoms with van der Waals surface area (Å²) >= 11 is 11.8. The van der Waals surface area contributed by atoms with Gasteiger partial charge in [-0.25, -0.2) is 0 Å². The lowest BCUT2D eigenvalue weighted by Crippen LogP contribution is -2.34. The maximum absolute atomic E-state index is 11.3. The topological polar surface area (TPSA) is 46.5 Å². The average molecular weight is 260 g/mol. The molecule has 0 aliphatic carbocycles. The second kappa shape index (κ2) is 3.62.